The van der Waals surface area contributed by atoms with E-state index >= 15 is 0 Å². The van der Waals surface area contributed by atoms with Gasteiger partial charge in [0.1, 0.15) is 11.5 Å². The summed E-state index contributed by atoms with van der Waals surface area (Å²) in [5.74, 6) is 1.36. The van der Waals surface area contributed by atoms with Crippen LogP contribution >= 0.6 is 0 Å². The Labute approximate surface area is 201 Å². The van der Waals surface area contributed by atoms with Crippen LogP contribution in [0, 0.1) is 6.92 Å². The Bertz CT molecular complexity index is 1070. The Kier molecular flexibility index (Phi) is 7.73. The fourth-order valence-electron chi connectivity index (χ4n) is 4.48. The van der Waals surface area contributed by atoms with Gasteiger partial charge in [-0.25, -0.2) is 8.42 Å². The van der Waals surface area contributed by atoms with Crippen molar-refractivity contribution >= 4 is 15.9 Å². The normalized spacial score (nSPS) is 23.5. The molecule has 186 valence electrons. The Morgan fingerprint density at radius 2 is 1.71 bits per heavy atom. The van der Waals surface area contributed by atoms with Crippen LogP contribution in [0.4, 0.5) is 0 Å². The lowest BCUT2D eigenvalue weighted by atomic mass is 10.1. The van der Waals surface area contributed by atoms with E-state index in [1.165, 1.54) is 16.4 Å². The molecule has 34 heavy (non-hydrogen) atoms. The summed E-state index contributed by atoms with van der Waals surface area (Å²) < 4.78 is 44.5. The van der Waals surface area contributed by atoms with E-state index in [9.17, 15) is 13.2 Å². The summed E-state index contributed by atoms with van der Waals surface area (Å²) in [5.41, 5.74) is 0.402. The third-order valence-corrected chi connectivity index (χ3v) is 8.02. The topological polar surface area (TPSA) is 101 Å². The molecule has 2 aliphatic rings. The van der Waals surface area contributed by atoms with Crippen molar-refractivity contribution < 1.29 is 27.1 Å². The SMILES string of the molecule is Cc1ccc([C@@H](CNC(=O)c2ccc(S(=O)(=O)N3C[C@@H](C)O[C@@H](C)C3)cc2)N2CCOCC2)o1. The molecule has 0 spiro atoms. The van der Waals surface area contributed by atoms with Crippen LogP contribution in [0.2, 0.25) is 0 Å². The van der Waals surface area contributed by atoms with Crippen molar-refractivity contribution in [3.63, 3.8) is 0 Å². The lowest BCUT2D eigenvalue weighted by Gasteiger charge is -2.34. The second-order valence-electron chi connectivity index (χ2n) is 8.93. The molecule has 2 aromatic rings. The van der Waals surface area contributed by atoms with Crippen LogP contribution < -0.4 is 5.32 Å². The predicted molar refractivity (Wildman–Crippen MR) is 126 cm³/mol. The van der Waals surface area contributed by atoms with E-state index < -0.39 is 10.0 Å². The Morgan fingerprint density at radius 1 is 1.06 bits per heavy atom. The molecule has 0 aliphatic carbocycles. The van der Waals surface area contributed by atoms with Gasteiger partial charge in [-0.2, -0.15) is 4.31 Å². The van der Waals surface area contributed by atoms with Gasteiger partial charge in [0.2, 0.25) is 10.0 Å². The molecular formula is C24H33N3O6S. The van der Waals surface area contributed by atoms with Gasteiger partial charge in [0.25, 0.3) is 5.91 Å². The molecule has 9 nitrogen and oxygen atoms in total. The van der Waals surface area contributed by atoms with E-state index in [1.54, 1.807) is 12.1 Å². The Hall–Kier alpha value is -2.24. The molecule has 1 N–H and O–H groups in total. The number of amides is 1. The third-order valence-electron chi connectivity index (χ3n) is 6.17. The number of furan rings is 1. The summed E-state index contributed by atoms with van der Waals surface area (Å²) in [7, 11) is -3.65. The van der Waals surface area contributed by atoms with Gasteiger partial charge in [0.15, 0.2) is 0 Å². The zero-order valence-electron chi connectivity index (χ0n) is 19.9. The number of nitrogens with zero attached hydrogens (tertiary/aromatic N) is 2. The monoisotopic (exact) mass is 491 g/mol. The van der Waals surface area contributed by atoms with Gasteiger partial charge in [0.05, 0.1) is 36.4 Å². The minimum Gasteiger partial charge on any atom is -0.465 e. The Balaban J connectivity index is 1.42. The quantitative estimate of drug-likeness (QED) is 0.634. The maximum absolute atomic E-state index is 13.1. The van der Waals surface area contributed by atoms with E-state index in [0.29, 0.717) is 38.4 Å². The van der Waals surface area contributed by atoms with Crippen LogP contribution in [0.3, 0.4) is 0 Å². The molecule has 3 atom stereocenters. The third kappa shape index (κ3) is 5.69. The van der Waals surface area contributed by atoms with Crippen molar-refractivity contribution in [2.75, 3.05) is 45.9 Å². The van der Waals surface area contributed by atoms with Crippen molar-refractivity contribution in [1.82, 2.24) is 14.5 Å². The number of aryl methyl sites for hydroxylation is 1. The van der Waals surface area contributed by atoms with Crippen LogP contribution in [0.1, 0.15) is 41.8 Å². The number of benzene rings is 1. The van der Waals surface area contributed by atoms with Gasteiger partial charge < -0.3 is 19.2 Å². The van der Waals surface area contributed by atoms with Gasteiger partial charge in [-0.1, -0.05) is 0 Å². The van der Waals surface area contributed by atoms with E-state index in [2.05, 4.69) is 10.2 Å². The van der Waals surface area contributed by atoms with Crippen molar-refractivity contribution in [1.29, 1.82) is 0 Å². The summed E-state index contributed by atoms with van der Waals surface area (Å²) in [5, 5.41) is 2.98. The van der Waals surface area contributed by atoms with Gasteiger partial charge in [-0.05, 0) is 57.2 Å². The highest BCUT2D eigenvalue weighted by molar-refractivity contribution is 7.89. The molecule has 10 heteroatoms. The van der Waals surface area contributed by atoms with E-state index in [-0.39, 0.29) is 29.1 Å². The highest BCUT2D eigenvalue weighted by Crippen LogP contribution is 2.24. The number of ether oxygens (including phenoxy) is 2. The van der Waals surface area contributed by atoms with Crippen molar-refractivity contribution in [3.05, 3.63) is 53.5 Å². The summed E-state index contributed by atoms with van der Waals surface area (Å²) >= 11 is 0. The molecule has 0 radical (unpaired) electrons. The zero-order chi connectivity index (χ0) is 24.3. The first-order valence-electron chi connectivity index (χ1n) is 11.7. The molecule has 1 aromatic carbocycles. The van der Waals surface area contributed by atoms with Gasteiger partial charge in [-0.15, -0.1) is 0 Å². The maximum Gasteiger partial charge on any atom is 0.251 e. The summed E-state index contributed by atoms with van der Waals surface area (Å²) in [6.45, 7) is 9.40. The fourth-order valence-corrected chi connectivity index (χ4v) is 6.07. The van der Waals surface area contributed by atoms with Crippen LogP contribution in [-0.2, 0) is 19.5 Å². The average Bonchev–Trinajstić information content (AvgIpc) is 3.25. The number of morpholine rings is 2. The number of hydrogen-bond donors (Lipinski definition) is 1. The molecular weight excluding hydrogens is 458 g/mol. The summed E-state index contributed by atoms with van der Waals surface area (Å²) in [6.07, 6.45) is -0.332. The molecule has 0 unspecified atom stereocenters. The van der Waals surface area contributed by atoms with Crippen LogP contribution in [-0.4, -0.2) is 81.7 Å². The van der Waals surface area contributed by atoms with Crippen LogP contribution in [0.25, 0.3) is 0 Å². The molecule has 2 aliphatic heterocycles. The van der Waals surface area contributed by atoms with Gasteiger partial charge in [0, 0.05) is 38.3 Å². The predicted octanol–water partition coefficient (Wildman–Crippen LogP) is 2.19. The number of rotatable bonds is 7. The highest BCUT2D eigenvalue weighted by atomic mass is 32.2. The molecule has 2 saturated heterocycles. The molecule has 0 bridgehead atoms. The second-order valence-corrected chi connectivity index (χ2v) is 10.9. The molecule has 3 heterocycles. The fraction of sp³-hybridized carbons (Fsp3) is 0.542. The van der Waals surface area contributed by atoms with E-state index in [0.717, 1.165) is 24.6 Å². The first-order chi connectivity index (χ1) is 16.2. The van der Waals surface area contributed by atoms with Gasteiger partial charge in [-0.3, -0.25) is 9.69 Å². The summed E-state index contributed by atoms with van der Waals surface area (Å²) in [6, 6.07) is 9.84. The van der Waals surface area contributed by atoms with Crippen molar-refractivity contribution in [3.8, 4) is 0 Å². The van der Waals surface area contributed by atoms with Crippen LogP contribution in [0.15, 0.2) is 45.7 Å². The highest BCUT2D eigenvalue weighted by Gasteiger charge is 2.32. The molecule has 2 fully saturated rings. The number of carbonyl (C=O) groups is 1. The minimum absolute atomic E-state index is 0.105. The standard InChI is InChI=1S/C24H33N3O6S/c1-17-4-9-23(33-17)22(26-10-12-31-13-11-26)14-25-24(28)20-5-7-21(8-6-20)34(29,30)27-15-18(2)32-19(3)16-27/h4-9,18-19,22H,10-16H2,1-3H3,(H,25,28)/t18-,19+,22-/m1/s1. The number of carbonyl (C=O) groups excluding carboxylic acids is 1. The lowest BCUT2D eigenvalue weighted by Crippen LogP contribution is -2.48. The first kappa shape index (κ1) is 24.9. The second kappa shape index (κ2) is 10.6. The lowest BCUT2D eigenvalue weighted by molar-refractivity contribution is -0.0440. The molecule has 4 rings (SSSR count). The number of hydrogen-bond acceptors (Lipinski definition) is 7. The minimum atomic E-state index is -3.65. The average molecular weight is 492 g/mol. The Morgan fingerprint density at radius 3 is 2.29 bits per heavy atom. The number of sulfonamides is 1. The first-order valence-corrected chi connectivity index (χ1v) is 13.1. The largest absolute Gasteiger partial charge is 0.465 e. The molecule has 1 aromatic heterocycles. The zero-order valence-corrected chi connectivity index (χ0v) is 20.7. The molecule has 0 saturated carbocycles. The van der Waals surface area contributed by atoms with Crippen molar-refractivity contribution in [2.24, 2.45) is 0 Å². The maximum atomic E-state index is 13.1. The summed E-state index contributed by atoms with van der Waals surface area (Å²) in [4.78, 5) is 15.3. The van der Waals surface area contributed by atoms with E-state index in [1.807, 2.05) is 32.9 Å². The smallest absolute Gasteiger partial charge is 0.251 e. The van der Waals surface area contributed by atoms with Crippen molar-refractivity contribution in [2.45, 2.75) is 43.9 Å². The number of nitrogens with one attached hydrogen (secondary N) is 1. The van der Waals surface area contributed by atoms with Gasteiger partial charge >= 0.3 is 0 Å². The molecule has 1 amide bonds. The van der Waals surface area contributed by atoms with E-state index in [4.69, 9.17) is 13.9 Å². The van der Waals surface area contributed by atoms with Crippen LogP contribution in [0.5, 0.6) is 0 Å².